The number of nitrogens with zero attached hydrogens (tertiary/aromatic N) is 2. The van der Waals surface area contributed by atoms with Gasteiger partial charge in [-0.2, -0.15) is 5.26 Å². The highest BCUT2D eigenvalue weighted by atomic mass is 16.5. The zero-order valence-electron chi connectivity index (χ0n) is 24.7. The predicted octanol–water partition coefficient (Wildman–Crippen LogP) is 9.86. The van der Waals surface area contributed by atoms with Gasteiger partial charge in [0.15, 0.2) is 5.41 Å². The maximum Gasteiger partial charge on any atom is 0.331 e. The number of nitriles is 1. The van der Waals surface area contributed by atoms with Gasteiger partial charge in [0.05, 0.1) is 11.8 Å². The summed E-state index contributed by atoms with van der Waals surface area (Å²) in [5.74, 6) is 1.80. The van der Waals surface area contributed by atoms with Gasteiger partial charge in [-0.25, -0.2) is 4.79 Å². The Balaban J connectivity index is 1.37. The number of esters is 1. The molecular weight excluding hydrogens is 480 g/mol. The van der Waals surface area contributed by atoms with Crippen molar-refractivity contribution in [1.29, 1.82) is 5.26 Å². The van der Waals surface area contributed by atoms with E-state index in [0.717, 1.165) is 35.9 Å². The van der Waals surface area contributed by atoms with Crippen LogP contribution in [0.25, 0.3) is 11.3 Å². The van der Waals surface area contributed by atoms with E-state index in [1.54, 1.807) is 19.1 Å². The molecule has 0 aliphatic heterocycles. The summed E-state index contributed by atoms with van der Waals surface area (Å²) >= 11 is 0. The van der Waals surface area contributed by atoms with Gasteiger partial charge in [-0.1, -0.05) is 103 Å². The van der Waals surface area contributed by atoms with Gasteiger partial charge in [0.1, 0.15) is 5.75 Å². The van der Waals surface area contributed by atoms with Crippen LogP contribution in [0.4, 0.5) is 0 Å². The number of hydrogen-bond donors (Lipinski definition) is 0. The summed E-state index contributed by atoms with van der Waals surface area (Å²) in [6.45, 7) is 5.89. The van der Waals surface area contributed by atoms with Crippen molar-refractivity contribution in [1.82, 2.24) is 4.98 Å². The Kier molecular flexibility index (Phi) is 13.0. The van der Waals surface area contributed by atoms with E-state index in [1.807, 2.05) is 25.3 Å². The third-order valence-corrected chi connectivity index (χ3v) is 8.66. The first-order chi connectivity index (χ1) is 19.0. The molecule has 0 amide bonds. The van der Waals surface area contributed by atoms with Crippen molar-refractivity contribution in [2.75, 3.05) is 0 Å². The Morgan fingerprint density at radius 3 is 2.13 bits per heavy atom. The number of pyridine rings is 1. The smallest absolute Gasteiger partial charge is 0.331 e. The Morgan fingerprint density at radius 2 is 1.54 bits per heavy atom. The van der Waals surface area contributed by atoms with Crippen LogP contribution in [0.1, 0.15) is 123 Å². The van der Waals surface area contributed by atoms with Crippen molar-refractivity contribution < 1.29 is 9.53 Å². The molecular formula is C35H50N2O2. The van der Waals surface area contributed by atoms with E-state index in [4.69, 9.17) is 9.72 Å². The van der Waals surface area contributed by atoms with E-state index in [1.165, 1.54) is 89.0 Å². The number of hydrogen-bond acceptors (Lipinski definition) is 4. The van der Waals surface area contributed by atoms with Gasteiger partial charge in [0.25, 0.3) is 0 Å². The molecule has 1 aromatic heterocycles. The Bertz CT molecular complexity index is 1020. The zero-order chi connectivity index (χ0) is 27.9. The maximum absolute atomic E-state index is 12.5. The van der Waals surface area contributed by atoms with Crippen LogP contribution in [0, 0.1) is 28.6 Å². The molecule has 1 aliphatic carbocycles. The maximum atomic E-state index is 12.5. The second-order valence-corrected chi connectivity index (χ2v) is 12.0. The van der Waals surface area contributed by atoms with Crippen LogP contribution in [-0.4, -0.2) is 11.0 Å². The molecule has 212 valence electrons. The molecule has 39 heavy (non-hydrogen) atoms. The van der Waals surface area contributed by atoms with Gasteiger partial charge in [-0.3, -0.25) is 4.98 Å². The number of carbonyl (C=O) groups excluding carboxylic acids is 1. The molecule has 3 rings (SSSR count). The zero-order valence-corrected chi connectivity index (χ0v) is 24.7. The quantitative estimate of drug-likeness (QED) is 0.123. The van der Waals surface area contributed by atoms with E-state index in [-0.39, 0.29) is 0 Å². The molecule has 0 spiro atoms. The Morgan fingerprint density at radius 1 is 0.897 bits per heavy atom. The molecule has 1 aliphatic rings. The van der Waals surface area contributed by atoms with E-state index in [2.05, 4.69) is 25.1 Å². The summed E-state index contributed by atoms with van der Waals surface area (Å²) in [7, 11) is 0. The lowest BCUT2D eigenvalue weighted by Crippen LogP contribution is -2.30. The van der Waals surface area contributed by atoms with Crippen LogP contribution < -0.4 is 4.74 Å². The van der Waals surface area contributed by atoms with Gasteiger partial charge >= 0.3 is 5.97 Å². The molecule has 0 radical (unpaired) electrons. The van der Waals surface area contributed by atoms with Crippen LogP contribution in [0.2, 0.25) is 0 Å². The van der Waals surface area contributed by atoms with Gasteiger partial charge in [0, 0.05) is 11.8 Å². The molecule has 1 saturated carbocycles. The minimum Gasteiger partial charge on any atom is -0.425 e. The van der Waals surface area contributed by atoms with Gasteiger partial charge < -0.3 is 4.74 Å². The second kappa shape index (κ2) is 16.4. The fraction of sp³-hybridized carbons (Fsp3) is 0.629. The van der Waals surface area contributed by atoms with Gasteiger partial charge in [0.2, 0.25) is 0 Å². The molecule has 2 aromatic rings. The van der Waals surface area contributed by atoms with E-state index in [0.29, 0.717) is 12.2 Å². The van der Waals surface area contributed by atoms with Crippen molar-refractivity contribution in [3.63, 3.8) is 0 Å². The summed E-state index contributed by atoms with van der Waals surface area (Å²) in [4.78, 5) is 17.2. The van der Waals surface area contributed by atoms with E-state index >= 15 is 0 Å². The third kappa shape index (κ3) is 10.1. The molecule has 1 atom stereocenters. The number of unbranched alkanes of at least 4 members (excludes halogenated alkanes) is 6. The standard InChI is InChI=1S/C35H50N2O2/c1-4-6-7-8-9-10-11-12-28-13-15-29(16-14-28)17-18-30-19-24-33(37-26-30)31-20-22-32(23-21-31)39-34(38)35(3,27-36)25-5-2/h19-24,26,28-29H,4-18,25H2,1-3H3. The first kappa shape index (κ1) is 30.9. The largest absolute Gasteiger partial charge is 0.425 e. The molecule has 1 aromatic carbocycles. The number of rotatable bonds is 16. The molecule has 4 nitrogen and oxygen atoms in total. The lowest BCUT2D eigenvalue weighted by Gasteiger charge is -2.28. The summed E-state index contributed by atoms with van der Waals surface area (Å²) in [5.41, 5.74) is 2.09. The highest BCUT2D eigenvalue weighted by Crippen LogP contribution is 2.34. The molecule has 0 saturated heterocycles. The topological polar surface area (TPSA) is 63.0 Å². The fourth-order valence-electron chi connectivity index (χ4n) is 5.93. The fourth-order valence-corrected chi connectivity index (χ4v) is 5.93. The van der Waals surface area contributed by atoms with Crippen LogP contribution in [-0.2, 0) is 11.2 Å². The molecule has 0 N–H and O–H groups in total. The highest BCUT2D eigenvalue weighted by molar-refractivity contribution is 5.81. The van der Waals surface area contributed by atoms with E-state index < -0.39 is 11.4 Å². The second-order valence-electron chi connectivity index (χ2n) is 12.0. The minimum atomic E-state index is -1.11. The van der Waals surface area contributed by atoms with Crippen LogP contribution in [0.15, 0.2) is 42.6 Å². The number of aromatic nitrogens is 1. The Hall–Kier alpha value is -2.67. The van der Waals surface area contributed by atoms with Crippen molar-refractivity contribution in [2.45, 2.75) is 124 Å². The molecule has 1 fully saturated rings. The Labute approximate surface area is 237 Å². The number of aryl methyl sites for hydroxylation is 1. The van der Waals surface area contributed by atoms with Crippen molar-refractivity contribution >= 4 is 5.97 Å². The normalized spacial score (nSPS) is 18.7. The summed E-state index contributed by atoms with van der Waals surface area (Å²) in [6, 6.07) is 13.8. The summed E-state index contributed by atoms with van der Waals surface area (Å²) < 4.78 is 5.49. The van der Waals surface area contributed by atoms with Crippen molar-refractivity contribution in [3.8, 4) is 23.1 Å². The van der Waals surface area contributed by atoms with Crippen molar-refractivity contribution in [3.05, 3.63) is 48.2 Å². The van der Waals surface area contributed by atoms with Crippen molar-refractivity contribution in [2.24, 2.45) is 17.3 Å². The van der Waals surface area contributed by atoms with Crippen LogP contribution in [0.3, 0.4) is 0 Å². The lowest BCUT2D eigenvalue weighted by molar-refractivity contribution is -0.142. The van der Waals surface area contributed by atoms with Gasteiger partial charge in [-0.05, 0) is 73.9 Å². The SMILES string of the molecule is CCCCCCCCCC1CCC(CCc2ccc(-c3ccc(OC(=O)C(C)(C#N)CCC)cc3)nc2)CC1. The molecule has 1 heterocycles. The monoisotopic (exact) mass is 530 g/mol. The van der Waals surface area contributed by atoms with E-state index in [9.17, 15) is 10.1 Å². The highest BCUT2D eigenvalue weighted by Gasteiger charge is 2.34. The molecule has 0 bridgehead atoms. The number of ether oxygens (including phenoxy) is 1. The molecule has 1 unspecified atom stereocenters. The minimum absolute atomic E-state index is 0.454. The first-order valence-electron chi connectivity index (χ1n) is 15.7. The van der Waals surface area contributed by atoms with Crippen LogP contribution >= 0.6 is 0 Å². The summed E-state index contributed by atoms with van der Waals surface area (Å²) in [6.07, 6.45) is 22.6. The predicted molar refractivity (Wildman–Crippen MR) is 160 cm³/mol. The summed E-state index contributed by atoms with van der Waals surface area (Å²) in [5, 5.41) is 9.41. The number of benzene rings is 1. The number of carbonyl (C=O) groups is 1. The lowest BCUT2D eigenvalue weighted by atomic mass is 9.78. The average Bonchev–Trinajstić information content (AvgIpc) is 2.97. The first-order valence-corrected chi connectivity index (χ1v) is 15.7. The van der Waals surface area contributed by atoms with Gasteiger partial charge in [-0.15, -0.1) is 0 Å². The van der Waals surface area contributed by atoms with Crippen LogP contribution in [0.5, 0.6) is 5.75 Å². The average molecular weight is 531 g/mol. The third-order valence-electron chi connectivity index (χ3n) is 8.66. The molecule has 4 heteroatoms.